The molecule has 15 heavy (non-hydrogen) atoms. The van der Waals surface area contributed by atoms with Gasteiger partial charge in [-0.2, -0.15) is 0 Å². The first-order chi connectivity index (χ1) is 7.06. The van der Waals surface area contributed by atoms with Gasteiger partial charge in [0.05, 0.1) is 0 Å². The van der Waals surface area contributed by atoms with Crippen LogP contribution in [-0.4, -0.2) is 29.7 Å². The topological polar surface area (TPSA) is 79.8 Å². The monoisotopic (exact) mass is 313 g/mol. The van der Waals surface area contributed by atoms with Crippen LogP contribution in [0.1, 0.15) is 5.69 Å². The molecule has 1 aromatic rings. The normalized spacial score (nSPS) is 10.0. The van der Waals surface area contributed by atoms with Gasteiger partial charge in [-0.25, -0.2) is 0 Å². The van der Waals surface area contributed by atoms with E-state index in [0.29, 0.717) is 5.69 Å². The Morgan fingerprint density at radius 2 is 2.27 bits per heavy atom. The van der Waals surface area contributed by atoms with Crippen LogP contribution in [0.4, 0.5) is 5.69 Å². The quantitative estimate of drug-likeness (QED) is 0.469. The number of aromatic nitrogens is 1. The summed E-state index contributed by atoms with van der Waals surface area (Å²) >= 11 is -1.73. The molecule has 5 nitrogen and oxygen atoms in total. The van der Waals surface area contributed by atoms with Crippen molar-refractivity contribution in [3.05, 3.63) is 27.9 Å². The summed E-state index contributed by atoms with van der Waals surface area (Å²) in [5.74, 6) is 0. The van der Waals surface area contributed by atoms with E-state index >= 15 is 0 Å². The number of nitro groups is 1. The summed E-state index contributed by atoms with van der Waals surface area (Å²) in [6, 6.07) is 5.09. The van der Waals surface area contributed by atoms with Crippen LogP contribution in [0.3, 0.4) is 0 Å². The molecule has 0 unspecified atom stereocenters. The van der Waals surface area contributed by atoms with Gasteiger partial charge in [-0.15, -0.1) is 0 Å². The Morgan fingerprint density at radius 1 is 1.60 bits per heavy atom. The molecule has 0 aliphatic heterocycles. The molecule has 1 aromatic heterocycles. The Kier molecular flexibility index (Phi) is 4.03. The van der Waals surface area contributed by atoms with E-state index in [0.717, 1.165) is 3.71 Å². The molecule has 0 saturated heterocycles. The van der Waals surface area contributed by atoms with Crippen molar-refractivity contribution < 1.29 is 4.92 Å². The first-order valence-corrected chi connectivity index (χ1v) is 12.8. The molecule has 0 aromatic carbocycles. The van der Waals surface area contributed by atoms with Gasteiger partial charge in [-0.3, -0.25) is 0 Å². The fraction of sp³-hybridized carbons (Fsp3) is 0.333. The average Bonchev–Trinajstić information content (AvgIpc) is 2.17. The first-order valence-electron chi connectivity index (χ1n) is 4.57. The zero-order valence-electron chi connectivity index (χ0n) is 8.60. The standard InChI is InChI=1S/C7H4N3O2.2CH3.Sn.H/c8-4-3-6-7(10(11)12)2-1-5-9-6;;;;/h1-2H,3H2;2*1H3;;. The van der Waals surface area contributed by atoms with Gasteiger partial charge in [0.25, 0.3) is 0 Å². The number of nitrogens with zero attached hydrogens (tertiary/aromatic N) is 3. The maximum atomic E-state index is 10.7. The van der Waals surface area contributed by atoms with Gasteiger partial charge in [-0.1, -0.05) is 0 Å². The zero-order chi connectivity index (χ0) is 11.4. The summed E-state index contributed by atoms with van der Waals surface area (Å²) in [5, 5.41) is 19.2. The average molecular weight is 312 g/mol. The molecule has 78 valence electrons. The van der Waals surface area contributed by atoms with Crippen molar-refractivity contribution in [3.63, 3.8) is 0 Å². The van der Waals surface area contributed by atoms with Crippen LogP contribution in [0.5, 0.6) is 0 Å². The van der Waals surface area contributed by atoms with Crippen molar-refractivity contribution in [2.24, 2.45) is 0 Å². The molecule has 6 heteroatoms. The van der Waals surface area contributed by atoms with Crippen LogP contribution in [-0.2, 0) is 6.42 Å². The van der Waals surface area contributed by atoms with Crippen molar-refractivity contribution in [2.75, 3.05) is 0 Å². The summed E-state index contributed by atoms with van der Waals surface area (Å²) in [6.45, 7) is 0. The van der Waals surface area contributed by atoms with Crippen molar-refractivity contribution in [2.45, 2.75) is 16.3 Å². The summed E-state index contributed by atoms with van der Waals surface area (Å²) < 4.78 is 0.979. The molecule has 0 saturated carbocycles. The van der Waals surface area contributed by atoms with Gasteiger partial charge in [0.2, 0.25) is 0 Å². The van der Waals surface area contributed by atoms with Crippen LogP contribution in [0, 0.1) is 21.4 Å². The summed E-state index contributed by atoms with van der Waals surface area (Å²) in [7, 11) is 0. The Morgan fingerprint density at radius 3 is 2.73 bits per heavy atom. The number of hydrogen-bond donors (Lipinski definition) is 0. The van der Waals surface area contributed by atoms with Crippen LogP contribution in [0.25, 0.3) is 0 Å². The fourth-order valence-electron chi connectivity index (χ4n) is 1.20. The second kappa shape index (κ2) is 5.07. The van der Waals surface area contributed by atoms with Crippen LogP contribution in [0.2, 0.25) is 9.88 Å². The molecule has 0 amide bonds. The maximum absolute atomic E-state index is 10.7. The Labute approximate surface area is 94.6 Å². The van der Waals surface area contributed by atoms with E-state index in [9.17, 15) is 10.1 Å². The molecule has 0 fully saturated rings. The van der Waals surface area contributed by atoms with Crippen LogP contribution < -0.4 is 3.71 Å². The molecule has 0 radical (unpaired) electrons. The molecular formula is C9H11N3O2Sn. The molecule has 1 heterocycles. The summed E-state index contributed by atoms with van der Waals surface area (Å²) in [5.41, 5.74) is 0.248. The molecule has 0 N–H and O–H groups in total. The van der Waals surface area contributed by atoms with Gasteiger partial charge in [0.15, 0.2) is 0 Å². The second-order valence-electron chi connectivity index (χ2n) is 3.45. The van der Waals surface area contributed by atoms with E-state index in [1.807, 2.05) is 6.07 Å². The van der Waals surface area contributed by atoms with E-state index in [4.69, 9.17) is 5.26 Å². The Balaban J connectivity index is 3.21. The van der Waals surface area contributed by atoms with Gasteiger partial charge < -0.3 is 0 Å². The fourth-order valence-corrected chi connectivity index (χ4v) is 3.76. The van der Waals surface area contributed by atoms with Gasteiger partial charge in [-0.05, 0) is 0 Å². The number of pyridine rings is 1. The molecule has 0 aliphatic carbocycles. The van der Waals surface area contributed by atoms with Crippen LogP contribution >= 0.6 is 0 Å². The van der Waals surface area contributed by atoms with Crippen molar-refractivity contribution in [1.82, 2.24) is 4.98 Å². The third kappa shape index (κ3) is 2.89. The van der Waals surface area contributed by atoms with Crippen molar-refractivity contribution >= 4 is 29.2 Å². The minimum absolute atomic E-state index is 0.00272. The van der Waals surface area contributed by atoms with E-state index in [2.05, 4.69) is 14.9 Å². The van der Waals surface area contributed by atoms with Gasteiger partial charge in [0.1, 0.15) is 0 Å². The third-order valence-electron chi connectivity index (χ3n) is 2.01. The first kappa shape index (κ1) is 11.9. The SMILES string of the molecule is [CH3][SnH]([CH3])[c]1ccc([N+](=O)[O-])c(CC#N)n1. The van der Waals surface area contributed by atoms with Gasteiger partial charge >= 0.3 is 94.6 Å². The number of nitriles is 1. The van der Waals surface area contributed by atoms with Crippen molar-refractivity contribution in [3.8, 4) is 6.07 Å². The summed E-state index contributed by atoms with van der Waals surface area (Å²) in [4.78, 5) is 18.7. The minimum atomic E-state index is -1.73. The molecule has 0 bridgehead atoms. The predicted molar refractivity (Wildman–Crippen MR) is 58.7 cm³/mol. The van der Waals surface area contributed by atoms with E-state index in [-0.39, 0.29) is 12.1 Å². The Hall–Kier alpha value is -1.16. The molecule has 1 rings (SSSR count). The van der Waals surface area contributed by atoms with Gasteiger partial charge in [0, 0.05) is 0 Å². The molecule has 0 atom stereocenters. The molecule has 0 spiro atoms. The summed E-state index contributed by atoms with van der Waals surface area (Å²) in [6.07, 6.45) is 0.00272. The van der Waals surface area contributed by atoms with Crippen molar-refractivity contribution in [1.29, 1.82) is 5.26 Å². The van der Waals surface area contributed by atoms with E-state index in [1.54, 1.807) is 6.07 Å². The molecular weight excluding hydrogens is 301 g/mol. The Bertz CT molecular complexity index is 426. The predicted octanol–water partition coefficient (Wildman–Crippen LogP) is 0.750. The zero-order valence-corrected chi connectivity index (χ0v) is 11.9. The number of rotatable bonds is 3. The third-order valence-corrected chi connectivity index (χ3v) is 6.30. The van der Waals surface area contributed by atoms with E-state index < -0.39 is 24.7 Å². The molecule has 0 aliphatic rings. The number of hydrogen-bond acceptors (Lipinski definition) is 4. The second-order valence-corrected chi connectivity index (χ2v) is 11.7. The van der Waals surface area contributed by atoms with Crippen LogP contribution in [0.15, 0.2) is 12.1 Å². The van der Waals surface area contributed by atoms with E-state index in [1.165, 1.54) is 6.07 Å².